The minimum Gasteiger partial charge on any atom is -0.288 e. The van der Waals surface area contributed by atoms with Crippen molar-refractivity contribution in [3.63, 3.8) is 0 Å². The predicted molar refractivity (Wildman–Crippen MR) is 79.5 cm³/mol. The van der Waals surface area contributed by atoms with Crippen molar-refractivity contribution in [3.05, 3.63) is 29.5 Å². The molecule has 0 aliphatic carbocycles. The van der Waals surface area contributed by atoms with E-state index in [1.165, 1.54) is 8.71 Å². The van der Waals surface area contributed by atoms with Crippen molar-refractivity contribution in [2.24, 2.45) is 5.92 Å². The zero-order chi connectivity index (χ0) is 14.9. The monoisotopic (exact) mass is 315 g/mol. The lowest BCUT2D eigenvalue weighted by Crippen LogP contribution is -2.29. The molecule has 0 saturated heterocycles. The van der Waals surface area contributed by atoms with E-state index in [-0.39, 0.29) is 10.2 Å². The van der Waals surface area contributed by atoms with Gasteiger partial charge in [0.25, 0.3) is 10.0 Å². The summed E-state index contributed by atoms with van der Waals surface area (Å²) in [6.45, 7) is 4.57. The zero-order valence-corrected chi connectivity index (χ0v) is 13.3. The Morgan fingerprint density at radius 3 is 2.75 bits per heavy atom. The Bertz CT molecular complexity index is 709. The minimum absolute atomic E-state index is 0.00703. The van der Waals surface area contributed by atoms with Gasteiger partial charge in [-0.3, -0.25) is 4.40 Å². The molecule has 0 aromatic carbocycles. The van der Waals surface area contributed by atoms with E-state index in [0.29, 0.717) is 18.1 Å². The summed E-state index contributed by atoms with van der Waals surface area (Å²) in [5, 5.41) is 0.0358. The molecule has 0 radical (unpaired) electrons. The number of hydrogen-bond acceptors (Lipinski definition) is 3. The summed E-state index contributed by atoms with van der Waals surface area (Å²) in [5.74, 6) is 0.435. The SMILES string of the molecule is CC(C)CCN(C)S(=O)(=O)c1c(Cl)nc2ccccn12. The Balaban J connectivity index is 2.44. The summed E-state index contributed by atoms with van der Waals surface area (Å²) < 4.78 is 28.1. The third kappa shape index (κ3) is 2.82. The second-order valence-electron chi connectivity index (χ2n) is 5.15. The number of rotatable bonds is 5. The van der Waals surface area contributed by atoms with Gasteiger partial charge in [-0.05, 0) is 24.5 Å². The van der Waals surface area contributed by atoms with Gasteiger partial charge in [0.15, 0.2) is 10.2 Å². The average Bonchev–Trinajstić information content (AvgIpc) is 2.71. The number of pyridine rings is 1. The van der Waals surface area contributed by atoms with Gasteiger partial charge in [-0.2, -0.15) is 4.31 Å². The molecule has 0 bridgehead atoms. The van der Waals surface area contributed by atoms with Gasteiger partial charge in [0.1, 0.15) is 5.65 Å². The molecule has 2 aromatic rings. The number of fused-ring (bicyclic) bond motifs is 1. The van der Waals surface area contributed by atoms with Crippen molar-refractivity contribution in [2.45, 2.75) is 25.3 Å². The molecule has 0 amide bonds. The molecule has 0 spiro atoms. The summed E-state index contributed by atoms with van der Waals surface area (Å²) in [6, 6.07) is 5.26. The van der Waals surface area contributed by atoms with Crippen LogP contribution < -0.4 is 0 Å². The maximum atomic E-state index is 12.6. The van der Waals surface area contributed by atoms with Crippen LogP contribution in [0, 0.1) is 5.92 Å². The van der Waals surface area contributed by atoms with E-state index in [4.69, 9.17) is 11.6 Å². The van der Waals surface area contributed by atoms with Crippen LogP contribution in [0.25, 0.3) is 5.65 Å². The fraction of sp³-hybridized carbons (Fsp3) is 0.462. The molecule has 0 fully saturated rings. The van der Waals surface area contributed by atoms with E-state index in [1.807, 2.05) is 0 Å². The number of aromatic nitrogens is 2. The van der Waals surface area contributed by atoms with Crippen LogP contribution in [0.3, 0.4) is 0 Å². The topological polar surface area (TPSA) is 54.7 Å². The van der Waals surface area contributed by atoms with Crippen LogP contribution in [0.5, 0.6) is 0 Å². The number of hydrogen-bond donors (Lipinski definition) is 0. The molecule has 7 heteroatoms. The Kier molecular flexibility index (Phi) is 4.36. The van der Waals surface area contributed by atoms with Crippen LogP contribution in [-0.2, 0) is 10.0 Å². The summed E-state index contributed by atoms with van der Waals surface area (Å²) in [6.07, 6.45) is 2.45. The lowest BCUT2D eigenvalue weighted by molar-refractivity contribution is 0.426. The van der Waals surface area contributed by atoms with Gasteiger partial charge in [-0.25, -0.2) is 13.4 Å². The quantitative estimate of drug-likeness (QED) is 0.852. The largest absolute Gasteiger partial charge is 0.288 e. The maximum Gasteiger partial charge on any atom is 0.262 e. The normalized spacial score (nSPS) is 12.7. The Hall–Kier alpha value is -1.11. The van der Waals surface area contributed by atoms with Crippen molar-refractivity contribution in [1.82, 2.24) is 13.7 Å². The molecule has 0 aliphatic rings. The van der Waals surface area contributed by atoms with Gasteiger partial charge >= 0.3 is 0 Å². The maximum absolute atomic E-state index is 12.6. The fourth-order valence-electron chi connectivity index (χ4n) is 1.88. The van der Waals surface area contributed by atoms with E-state index < -0.39 is 10.0 Å². The predicted octanol–water partition coefficient (Wildman–Crippen LogP) is 2.65. The first-order valence-electron chi connectivity index (χ1n) is 6.43. The molecule has 0 unspecified atom stereocenters. The van der Waals surface area contributed by atoms with Crippen LogP contribution in [0.15, 0.2) is 29.4 Å². The lowest BCUT2D eigenvalue weighted by Gasteiger charge is -2.18. The molecule has 0 N–H and O–H groups in total. The molecule has 0 aliphatic heterocycles. The first-order valence-corrected chi connectivity index (χ1v) is 8.24. The molecule has 2 heterocycles. The van der Waals surface area contributed by atoms with Crippen molar-refractivity contribution in [1.29, 1.82) is 0 Å². The molecular formula is C13H18ClN3O2S. The highest BCUT2D eigenvalue weighted by molar-refractivity contribution is 7.89. The molecule has 110 valence electrons. The number of sulfonamides is 1. The number of imidazole rings is 1. The second kappa shape index (κ2) is 5.71. The summed E-state index contributed by atoms with van der Waals surface area (Å²) in [4.78, 5) is 4.08. The fourth-order valence-corrected chi connectivity index (χ4v) is 3.66. The highest BCUT2D eigenvalue weighted by Crippen LogP contribution is 2.25. The van der Waals surface area contributed by atoms with E-state index in [2.05, 4.69) is 18.8 Å². The Morgan fingerprint density at radius 2 is 2.10 bits per heavy atom. The minimum atomic E-state index is -3.65. The van der Waals surface area contributed by atoms with Gasteiger partial charge in [-0.15, -0.1) is 0 Å². The lowest BCUT2D eigenvalue weighted by atomic mass is 10.1. The molecule has 5 nitrogen and oxygen atoms in total. The van der Waals surface area contributed by atoms with Gasteiger partial charge in [0.05, 0.1) is 0 Å². The van der Waals surface area contributed by atoms with Crippen LogP contribution in [0.1, 0.15) is 20.3 Å². The molecule has 2 rings (SSSR count). The molecule has 20 heavy (non-hydrogen) atoms. The van der Waals surface area contributed by atoms with E-state index in [9.17, 15) is 8.42 Å². The average molecular weight is 316 g/mol. The standard InChI is InChI=1S/C13H18ClN3O2S/c1-10(2)7-9-16(3)20(18,19)13-12(14)15-11-6-4-5-8-17(11)13/h4-6,8,10H,7,9H2,1-3H3. The zero-order valence-electron chi connectivity index (χ0n) is 11.7. The van der Waals surface area contributed by atoms with Gasteiger partial charge < -0.3 is 0 Å². The van der Waals surface area contributed by atoms with Gasteiger partial charge in [-0.1, -0.05) is 31.5 Å². The highest BCUT2D eigenvalue weighted by atomic mass is 35.5. The van der Waals surface area contributed by atoms with Crippen molar-refractivity contribution in [2.75, 3.05) is 13.6 Å². The van der Waals surface area contributed by atoms with Crippen LogP contribution in [0.2, 0.25) is 5.15 Å². The van der Waals surface area contributed by atoms with E-state index >= 15 is 0 Å². The van der Waals surface area contributed by atoms with Gasteiger partial charge in [0, 0.05) is 19.8 Å². The van der Waals surface area contributed by atoms with Crippen molar-refractivity contribution >= 4 is 27.3 Å². The van der Waals surface area contributed by atoms with Crippen LogP contribution in [0.4, 0.5) is 0 Å². The summed E-state index contributed by atoms with van der Waals surface area (Å²) in [7, 11) is -2.08. The molecule has 0 saturated carbocycles. The third-order valence-electron chi connectivity index (χ3n) is 3.12. The Morgan fingerprint density at radius 1 is 1.40 bits per heavy atom. The first-order chi connectivity index (χ1) is 9.34. The smallest absolute Gasteiger partial charge is 0.262 e. The summed E-state index contributed by atoms with van der Waals surface area (Å²) in [5.41, 5.74) is 0.522. The second-order valence-corrected chi connectivity index (χ2v) is 7.46. The van der Waals surface area contributed by atoms with Crippen LogP contribution in [-0.4, -0.2) is 35.7 Å². The van der Waals surface area contributed by atoms with Gasteiger partial charge in [0.2, 0.25) is 0 Å². The molecule has 0 atom stereocenters. The van der Waals surface area contributed by atoms with E-state index in [1.54, 1.807) is 31.4 Å². The van der Waals surface area contributed by atoms with Crippen molar-refractivity contribution in [3.8, 4) is 0 Å². The Labute approximate surface area is 124 Å². The molecule has 2 aromatic heterocycles. The molecular weight excluding hydrogens is 298 g/mol. The van der Waals surface area contributed by atoms with Crippen molar-refractivity contribution < 1.29 is 8.42 Å². The van der Waals surface area contributed by atoms with Crippen LogP contribution >= 0.6 is 11.6 Å². The third-order valence-corrected chi connectivity index (χ3v) is 5.38. The van der Waals surface area contributed by atoms with E-state index in [0.717, 1.165) is 6.42 Å². The highest BCUT2D eigenvalue weighted by Gasteiger charge is 2.28. The first kappa shape index (κ1) is 15.3. The number of nitrogens with zero attached hydrogens (tertiary/aromatic N) is 3. The number of halogens is 1. The summed E-state index contributed by atoms with van der Waals surface area (Å²) >= 11 is 6.02.